The van der Waals surface area contributed by atoms with Crippen molar-refractivity contribution in [2.75, 3.05) is 13.2 Å². The predicted molar refractivity (Wildman–Crippen MR) is 57.9 cm³/mol. The standard InChI is InChI=1S/C12H13F5O2/c13-9-3-1-8(2-4-9)5-10(18)6-19-7-12(16,17)11(14)15/h1-4,10-11,18H,5-7H2. The fourth-order valence-corrected chi connectivity index (χ4v) is 1.35. The zero-order chi connectivity index (χ0) is 14.5. The smallest absolute Gasteiger partial charge is 0.330 e. The zero-order valence-electron chi connectivity index (χ0n) is 9.83. The predicted octanol–water partition coefficient (Wildman–Crippen LogP) is 2.65. The SMILES string of the molecule is OC(COCC(F)(F)C(F)F)Cc1ccc(F)cc1. The maximum atomic E-state index is 12.6. The van der Waals surface area contributed by atoms with Crippen LogP contribution in [0.3, 0.4) is 0 Å². The highest BCUT2D eigenvalue weighted by atomic mass is 19.3. The van der Waals surface area contributed by atoms with Crippen molar-refractivity contribution in [1.29, 1.82) is 0 Å². The van der Waals surface area contributed by atoms with Gasteiger partial charge in [-0.3, -0.25) is 0 Å². The number of aliphatic hydroxyl groups is 1. The van der Waals surface area contributed by atoms with E-state index in [9.17, 15) is 27.1 Å². The molecule has 0 spiro atoms. The molecule has 0 radical (unpaired) electrons. The van der Waals surface area contributed by atoms with Crippen LogP contribution in [0.4, 0.5) is 22.0 Å². The first-order valence-electron chi connectivity index (χ1n) is 5.47. The van der Waals surface area contributed by atoms with Crippen LogP contribution in [0.15, 0.2) is 24.3 Å². The van der Waals surface area contributed by atoms with Gasteiger partial charge in [-0.15, -0.1) is 0 Å². The van der Waals surface area contributed by atoms with E-state index < -0.39 is 37.5 Å². The van der Waals surface area contributed by atoms with E-state index in [1.165, 1.54) is 24.3 Å². The third-order valence-corrected chi connectivity index (χ3v) is 2.31. The Balaban J connectivity index is 2.32. The number of aliphatic hydroxyl groups excluding tert-OH is 1. The van der Waals surface area contributed by atoms with Gasteiger partial charge in [0.1, 0.15) is 12.4 Å². The van der Waals surface area contributed by atoms with Gasteiger partial charge in [-0.05, 0) is 17.7 Å². The molecule has 0 aromatic heterocycles. The number of hydrogen-bond donors (Lipinski definition) is 1. The maximum absolute atomic E-state index is 12.6. The van der Waals surface area contributed by atoms with E-state index in [1.54, 1.807) is 0 Å². The number of halogens is 5. The fourth-order valence-electron chi connectivity index (χ4n) is 1.35. The number of rotatable bonds is 7. The van der Waals surface area contributed by atoms with Crippen molar-refractivity contribution in [3.8, 4) is 0 Å². The van der Waals surface area contributed by atoms with Crippen LogP contribution in [0.1, 0.15) is 5.56 Å². The Bertz CT molecular complexity index is 380. The van der Waals surface area contributed by atoms with Gasteiger partial charge in [-0.2, -0.15) is 8.78 Å². The third-order valence-electron chi connectivity index (χ3n) is 2.31. The molecule has 1 aromatic carbocycles. The fraction of sp³-hybridized carbons (Fsp3) is 0.500. The first-order chi connectivity index (χ1) is 8.81. The average Bonchev–Trinajstić information content (AvgIpc) is 2.31. The average molecular weight is 284 g/mol. The van der Waals surface area contributed by atoms with Crippen LogP contribution in [0, 0.1) is 5.82 Å². The maximum Gasteiger partial charge on any atom is 0.330 e. The first-order valence-corrected chi connectivity index (χ1v) is 5.47. The number of ether oxygens (including phenoxy) is 1. The van der Waals surface area contributed by atoms with Crippen molar-refractivity contribution in [2.24, 2.45) is 0 Å². The molecule has 0 aliphatic rings. The summed E-state index contributed by atoms with van der Waals surface area (Å²) in [7, 11) is 0. The normalized spacial score (nSPS) is 13.8. The summed E-state index contributed by atoms with van der Waals surface area (Å²) in [5, 5.41) is 9.46. The molecule has 0 fully saturated rings. The van der Waals surface area contributed by atoms with Crippen molar-refractivity contribution in [3.05, 3.63) is 35.6 Å². The lowest BCUT2D eigenvalue weighted by Crippen LogP contribution is -2.34. The Labute approximate surface area is 106 Å². The van der Waals surface area contributed by atoms with Crippen molar-refractivity contribution >= 4 is 0 Å². The number of alkyl halides is 4. The molecule has 1 N–H and O–H groups in total. The van der Waals surface area contributed by atoms with E-state index in [-0.39, 0.29) is 6.42 Å². The molecule has 0 amide bonds. The van der Waals surface area contributed by atoms with Crippen LogP contribution >= 0.6 is 0 Å². The molecule has 1 unspecified atom stereocenters. The number of benzene rings is 1. The topological polar surface area (TPSA) is 29.5 Å². The minimum atomic E-state index is -4.23. The van der Waals surface area contributed by atoms with Crippen LogP contribution in [0.25, 0.3) is 0 Å². The number of hydrogen-bond acceptors (Lipinski definition) is 2. The molecule has 1 aromatic rings. The Morgan fingerprint density at radius 1 is 1.16 bits per heavy atom. The lowest BCUT2D eigenvalue weighted by molar-refractivity contribution is -0.170. The Hall–Kier alpha value is -1.21. The molecule has 19 heavy (non-hydrogen) atoms. The molecule has 0 heterocycles. The van der Waals surface area contributed by atoms with Crippen molar-refractivity contribution in [2.45, 2.75) is 24.9 Å². The summed E-state index contributed by atoms with van der Waals surface area (Å²) < 4.78 is 65.5. The molecule has 0 aliphatic heterocycles. The largest absolute Gasteiger partial charge is 0.390 e. The highest BCUT2D eigenvalue weighted by Crippen LogP contribution is 2.22. The molecule has 0 bridgehead atoms. The van der Waals surface area contributed by atoms with Crippen LogP contribution in [0.5, 0.6) is 0 Å². The monoisotopic (exact) mass is 284 g/mol. The molecule has 108 valence electrons. The second-order valence-electron chi connectivity index (χ2n) is 4.06. The Morgan fingerprint density at radius 3 is 2.26 bits per heavy atom. The van der Waals surface area contributed by atoms with Gasteiger partial charge < -0.3 is 9.84 Å². The van der Waals surface area contributed by atoms with E-state index >= 15 is 0 Å². The van der Waals surface area contributed by atoms with Gasteiger partial charge in [0.05, 0.1) is 12.7 Å². The third kappa shape index (κ3) is 5.52. The van der Waals surface area contributed by atoms with Gasteiger partial charge >= 0.3 is 12.3 Å². The van der Waals surface area contributed by atoms with E-state index in [0.29, 0.717) is 5.56 Å². The van der Waals surface area contributed by atoms with Gasteiger partial charge in [0.2, 0.25) is 0 Å². The summed E-state index contributed by atoms with van der Waals surface area (Å²) in [6.07, 6.45) is -4.87. The second-order valence-corrected chi connectivity index (χ2v) is 4.06. The minimum absolute atomic E-state index is 0.0561. The van der Waals surface area contributed by atoms with Gasteiger partial charge in [-0.1, -0.05) is 12.1 Å². The molecule has 2 nitrogen and oxygen atoms in total. The lowest BCUT2D eigenvalue weighted by atomic mass is 10.1. The van der Waals surface area contributed by atoms with Crippen molar-refractivity contribution in [1.82, 2.24) is 0 Å². The summed E-state index contributed by atoms with van der Waals surface area (Å²) in [6.45, 7) is -1.95. The molecule has 7 heteroatoms. The van der Waals surface area contributed by atoms with Crippen LogP contribution in [0.2, 0.25) is 0 Å². The molecule has 1 atom stereocenters. The van der Waals surface area contributed by atoms with E-state index in [0.717, 1.165) is 0 Å². The summed E-state index contributed by atoms with van der Waals surface area (Å²) in [4.78, 5) is 0. The molecular weight excluding hydrogens is 271 g/mol. The van der Waals surface area contributed by atoms with Crippen LogP contribution in [-0.2, 0) is 11.2 Å². The Morgan fingerprint density at radius 2 is 1.74 bits per heavy atom. The van der Waals surface area contributed by atoms with Crippen LogP contribution in [-0.4, -0.2) is 36.8 Å². The summed E-state index contributed by atoms with van der Waals surface area (Å²) in [5.41, 5.74) is 0.582. The van der Waals surface area contributed by atoms with Gasteiger partial charge in [0.25, 0.3) is 0 Å². The molecule has 1 rings (SSSR count). The molecule has 0 aliphatic carbocycles. The van der Waals surface area contributed by atoms with Gasteiger partial charge in [0.15, 0.2) is 0 Å². The Kier molecular flexibility index (Phi) is 5.68. The lowest BCUT2D eigenvalue weighted by Gasteiger charge is -2.17. The highest BCUT2D eigenvalue weighted by Gasteiger charge is 2.41. The quantitative estimate of drug-likeness (QED) is 0.780. The van der Waals surface area contributed by atoms with Crippen molar-refractivity contribution < 1.29 is 31.8 Å². The first kappa shape index (κ1) is 15.8. The van der Waals surface area contributed by atoms with E-state index in [4.69, 9.17) is 0 Å². The van der Waals surface area contributed by atoms with Crippen LogP contribution < -0.4 is 0 Å². The van der Waals surface area contributed by atoms with E-state index in [2.05, 4.69) is 4.74 Å². The van der Waals surface area contributed by atoms with Gasteiger partial charge in [0, 0.05) is 6.42 Å². The highest BCUT2D eigenvalue weighted by molar-refractivity contribution is 5.16. The van der Waals surface area contributed by atoms with E-state index in [1.807, 2.05) is 0 Å². The van der Waals surface area contributed by atoms with Crippen molar-refractivity contribution in [3.63, 3.8) is 0 Å². The zero-order valence-corrected chi connectivity index (χ0v) is 9.83. The second kappa shape index (κ2) is 6.81. The summed E-state index contributed by atoms with van der Waals surface area (Å²) in [5.74, 6) is -4.67. The van der Waals surface area contributed by atoms with Gasteiger partial charge in [-0.25, -0.2) is 13.2 Å². The summed E-state index contributed by atoms with van der Waals surface area (Å²) in [6, 6.07) is 5.22. The molecular formula is C12H13F5O2. The minimum Gasteiger partial charge on any atom is -0.390 e. The molecule has 0 saturated heterocycles. The molecule has 0 saturated carbocycles. The summed E-state index contributed by atoms with van der Waals surface area (Å²) >= 11 is 0.